The molecule has 3 nitrogen and oxygen atoms in total. The zero-order chi connectivity index (χ0) is 10.9. The number of nitrogens with two attached hydrogens (primary N) is 1. The first-order valence-electron chi connectivity index (χ1n) is 3.37. The fourth-order valence-electron chi connectivity index (χ4n) is 0.879. The predicted molar refractivity (Wildman–Crippen MR) is 45.4 cm³/mol. The maximum Gasteiger partial charge on any atom is 0.281 e. The lowest BCUT2D eigenvalue weighted by atomic mass is 10.2. The molecule has 0 unspecified atom stereocenters. The highest BCUT2D eigenvalue weighted by Crippen LogP contribution is 2.28. The number of halogens is 4. The lowest BCUT2D eigenvalue weighted by Gasteiger charge is -2.06. The van der Waals surface area contributed by atoms with Crippen LogP contribution in [0, 0.1) is 5.82 Å². The number of aromatic nitrogens is 1. The van der Waals surface area contributed by atoms with Crippen LogP contribution in [-0.2, 0) is 0 Å². The van der Waals surface area contributed by atoms with E-state index in [-0.39, 0.29) is 0 Å². The minimum absolute atomic E-state index is 0.393. The number of alkyl halides is 2. The van der Waals surface area contributed by atoms with Gasteiger partial charge in [0.15, 0.2) is 5.82 Å². The summed E-state index contributed by atoms with van der Waals surface area (Å²) in [6, 6.07) is 0. The standard InChI is InChI=1S/C7H4BrF3N2O/c8-4-2(9)1-13-5(6(10)11)3(4)7(12)14/h1,6H,(H2,12,14). The van der Waals surface area contributed by atoms with E-state index in [0.717, 1.165) is 0 Å². The summed E-state index contributed by atoms with van der Waals surface area (Å²) >= 11 is 2.65. The van der Waals surface area contributed by atoms with Crippen LogP contribution in [0.1, 0.15) is 22.5 Å². The van der Waals surface area contributed by atoms with Crippen LogP contribution in [-0.4, -0.2) is 10.9 Å². The second kappa shape index (κ2) is 3.95. The van der Waals surface area contributed by atoms with E-state index in [2.05, 4.69) is 20.9 Å². The van der Waals surface area contributed by atoms with Gasteiger partial charge in [0.05, 0.1) is 16.2 Å². The van der Waals surface area contributed by atoms with Crippen molar-refractivity contribution in [3.8, 4) is 0 Å². The quantitative estimate of drug-likeness (QED) is 0.892. The summed E-state index contributed by atoms with van der Waals surface area (Å²) < 4.78 is 37.0. The molecule has 0 aliphatic rings. The molecule has 1 aromatic rings. The Balaban J connectivity index is 3.45. The third-order valence-electron chi connectivity index (χ3n) is 1.46. The normalized spacial score (nSPS) is 10.6. The summed E-state index contributed by atoms with van der Waals surface area (Å²) in [5.74, 6) is -2.07. The molecule has 0 saturated carbocycles. The van der Waals surface area contributed by atoms with Gasteiger partial charge in [-0.25, -0.2) is 13.2 Å². The van der Waals surface area contributed by atoms with Gasteiger partial charge in [0.2, 0.25) is 0 Å². The van der Waals surface area contributed by atoms with E-state index >= 15 is 0 Å². The number of rotatable bonds is 2. The van der Waals surface area contributed by atoms with Crippen molar-refractivity contribution in [1.82, 2.24) is 4.98 Å². The fraction of sp³-hybridized carbons (Fsp3) is 0.143. The largest absolute Gasteiger partial charge is 0.366 e. The summed E-state index contributed by atoms with van der Waals surface area (Å²) in [5, 5.41) is 0. The molecule has 1 aromatic heterocycles. The Kier molecular flexibility index (Phi) is 3.10. The monoisotopic (exact) mass is 268 g/mol. The molecule has 2 N–H and O–H groups in total. The Bertz CT molecular complexity index is 383. The van der Waals surface area contributed by atoms with Gasteiger partial charge in [-0.3, -0.25) is 9.78 Å². The average Bonchev–Trinajstić information content (AvgIpc) is 2.08. The molecule has 0 radical (unpaired) electrons. The maximum atomic E-state index is 12.8. The van der Waals surface area contributed by atoms with Gasteiger partial charge in [0, 0.05) is 0 Å². The minimum atomic E-state index is -2.98. The molecule has 1 amide bonds. The zero-order valence-corrected chi connectivity index (χ0v) is 8.19. The first kappa shape index (κ1) is 11.0. The molecule has 7 heteroatoms. The Hall–Kier alpha value is -1.11. The number of nitrogens with zero attached hydrogens (tertiary/aromatic N) is 1. The van der Waals surface area contributed by atoms with Gasteiger partial charge in [-0.15, -0.1) is 0 Å². The number of carbonyl (C=O) groups excluding carboxylic acids is 1. The molecule has 0 atom stereocenters. The molecule has 0 aromatic carbocycles. The van der Waals surface area contributed by atoms with Crippen LogP contribution in [0.2, 0.25) is 0 Å². The Morgan fingerprint density at radius 1 is 1.57 bits per heavy atom. The van der Waals surface area contributed by atoms with Gasteiger partial charge in [-0.1, -0.05) is 0 Å². The third kappa shape index (κ3) is 1.87. The van der Waals surface area contributed by atoms with Crippen LogP contribution in [0.3, 0.4) is 0 Å². The Morgan fingerprint density at radius 3 is 2.57 bits per heavy atom. The van der Waals surface area contributed by atoms with E-state index in [0.29, 0.717) is 6.20 Å². The van der Waals surface area contributed by atoms with Crippen LogP contribution >= 0.6 is 15.9 Å². The van der Waals surface area contributed by atoms with Crippen molar-refractivity contribution in [2.24, 2.45) is 5.73 Å². The second-order valence-electron chi connectivity index (χ2n) is 2.35. The molecule has 0 fully saturated rings. The highest BCUT2D eigenvalue weighted by Gasteiger charge is 2.23. The first-order chi connectivity index (χ1) is 6.45. The first-order valence-corrected chi connectivity index (χ1v) is 4.16. The number of hydrogen-bond acceptors (Lipinski definition) is 2. The van der Waals surface area contributed by atoms with Crippen molar-refractivity contribution in [3.05, 3.63) is 27.7 Å². The van der Waals surface area contributed by atoms with Gasteiger partial charge in [0.1, 0.15) is 5.69 Å². The highest BCUT2D eigenvalue weighted by atomic mass is 79.9. The van der Waals surface area contributed by atoms with Gasteiger partial charge < -0.3 is 5.73 Å². The van der Waals surface area contributed by atoms with Crippen LogP contribution in [0.5, 0.6) is 0 Å². The molecule has 0 aliphatic carbocycles. The molecule has 0 spiro atoms. The molecule has 14 heavy (non-hydrogen) atoms. The van der Waals surface area contributed by atoms with Crippen molar-refractivity contribution in [1.29, 1.82) is 0 Å². The fourth-order valence-corrected chi connectivity index (χ4v) is 1.38. The number of carbonyl (C=O) groups is 1. The van der Waals surface area contributed by atoms with E-state index in [1.165, 1.54) is 0 Å². The van der Waals surface area contributed by atoms with Crippen molar-refractivity contribution in [2.75, 3.05) is 0 Å². The summed E-state index contributed by atoms with van der Waals surface area (Å²) in [4.78, 5) is 13.9. The summed E-state index contributed by atoms with van der Waals surface area (Å²) in [6.45, 7) is 0. The van der Waals surface area contributed by atoms with Gasteiger partial charge in [-0.05, 0) is 15.9 Å². The molecule has 1 rings (SSSR count). The van der Waals surface area contributed by atoms with Crippen LogP contribution in [0.25, 0.3) is 0 Å². The van der Waals surface area contributed by atoms with Gasteiger partial charge >= 0.3 is 0 Å². The van der Waals surface area contributed by atoms with Crippen molar-refractivity contribution in [3.63, 3.8) is 0 Å². The number of amides is 1. The SMILES string of the molecule is NC(=O)c1c(C(F)F)ncc(F)c1Br. The van der Waals surface area contributed by atoms with Crippen LogP contribution < -0.4 is 5.73 Å². The molecule has 76 valence electrons. The van der Waals surface area contributed by atoms with Crippen LogP contribution in [0.15, 0.2) is 10.7 Å². The topological polar surface area (TPSA) is 56.0 Å². The smallest absolute Gasteiger partial charge is 0.281 e. The van der Waals surface area contributed by atoms with Crippen molar-refractivity contribution in [2.45, 2.75) is 6.43 Å². The lowest BCUT2D eigenvalue weighted by Crippen LogP contribution is -2.16. The van der Waals surface area contributed by atoms with Crippen LogP contribution in [0.4, 0.5) is 13.2 Å². The minimum Gasteiger partial charge on any atom is -0.366 e. The highest BCUT2D eigenvalue weighted by molar-refractivity contribution is 9.10. The van der Waals surface area contributed by atoms with E-state index in [1.807, 2.05) is 0 Å². The number of pyridine rings is 1. The summed E-state index contributed by atoms with van der Waals surface area (Å²) in [7, 11) is 0. The summed E-state index contributed by atoms with van der Waals surface area (Å²) in [6.07, 6.45) is -2.38. The Labute approximate surface area is 85.2 Å². The average molecular weight is 269 g/mol. The molecular weight excluding hydrogens is 265 g/mol. The molecular formula is C7H4BrF3N2O. The zero-order valence-electron chi connectivity index (χ0n) is 6.60. The molecule has 1 heterocycles. The van der Waals surface area contributed by atoms with Gasteiger partial charge in [0.25, 0.3) is 12.3 Å². The lowest BCUT2D eigenvalue weighted by molar-refractivity contribution is 0.0981. The number of hydrogen-bond donors (Lipinski definition) is 1. The molecule has 0 bridgehead atoms. The van der Waals surface area contributed by atoms with Gasteiger partial charge in [-0.2, -0.15) is 0 Å². The van der Waals surface area contributed by atoms with E-state index in [1.54, 1.807) is 0 Å². The van der Waals surface area contributed by atoms with Crippen molar-refractivity contribution >= 4 is 21.8 Å². The molecule has 0 aliphatic heterocycles. The second-order valence-corrected chi connectivity index (χ2v) is 3.14. The predicted octanol–water partition coefficient (Wildman–Crippen LogP) is 2.02. The number of primary amides is 1. The van der Waals surface area contributed by atoms with Crippen molar-refractivity contribution < 1.29 is 18.0 Å². The molecule has 0 saturated heterocycles. The Morgan fingerprint density at radius 2 is 2.14 bits per heavy atom. The summed E-state index contributed by atoms with van der Waals surface area (Å²) in [5.41, 5.74) is 3.36. The van der Waals surface area contributed by atoms with E-state index in [4.69, 9.17) is 5.73 Å². The maximum absolute atomic E-state index is 12.8. The van der Waals surface area contributed by atoms with E-state index in [9.17, 15) is 18.0 Å². The third-order valence-corrected chi connectivity index (χ3v) is 2.23. The van der Waals surface area contributed by atoms with E-state index < -0.39 is 33.9 Å².